The van der Waals surface area contributed by atoms with Crippen LogP contribution in [0.2, 0.25) is 0 Å². The van der Waals surface area contributed by atoms with Crippen LogP contribution in [-0.2, 0) is 10.8 Å². The molecule has 56 heavy (non-hydrogen) atoms. The molecule has 0 atom stereocenters. The van der Waals surface area contributed by atoms with Crippen molar-refractivity contribution in [1.82, 2.24) is 0 Å². The van der Waals surface area contributed by atoms with Crippen LogP contribution in [0, 0.1) is 0 Å². The van der Waals surface area contributed by atoms with Gasteiger partial charge in [-0.3, -0.25) is 0 Å². The zero-order valence-electron chi connectivity index (χ0n) is 31.4. The van der Waals surface area contributed by atoms with Gasteiger partial charge in [0, 0.05) is 53.1 Å². The van der Waals surface area contributed by atoms with E-state index in [0.29, 0.717) is 0 Å². The molecule has 12 rings (SSSR count). The number of anilines is 3. The van der Waals surface area contributed by atoms with Crippen molar-refractivity contribution >= 4 is 70.5 Å². The molecule has 0 N–H and O–H groups in total. The van der Waals surface area contributed by atoms with E-state index in [0.717, 1.165) is 33.6 Å². The third-order valence-electron chi connectivity index (χ3n) is 12.9. The summed E-state index contributed by atoms with van der Waals surface area (Å²) in [5.74, 6) is 0. The van der Waals surface area contributed by atoms with Crippen LogP contribution in [0.3, 0.4) is 0 Å². The molecule has 2 heterocycles. The summed E-state index contributed by atoms with van der Waals surface area (Å²) in [5.41, 5.74) is 16.4. The van der Waals surface area contributed by atoms with E-state index < -0.39 is 0 Å². The standard InChI is InChI=1S/C53H37NOS/c1-52(2)41-19-8-4-14-34(41)37-28-26-32(30-45(37)52)54(33-27-29-39-38-17-7-11-25-48(38)56-49(39)31-33)46-23-12-18-40-50-44(22-13-24-47(50)55-51(40)46)53(3)42-20-9-5-15-35(42)36-16-6-10-21-43(36)53/h4-31H,1-3H3. The molecule has 0 radical (unpaired) electrons. The second kappa shape index (κ2) is 11.3. The Hall–Kier alpha value is -6.42. The minimum atomic E-state index is -0.355. The monoisotopic (exact) mass is 735 g/mol. The van der Waals surface area contributed by atoms with Gasteiger partial charge < -0.3 is 9.32 Å². The van der Waals surface area contributed by atoms with E-state index >= 15 is 0 Å². The van der Waals surface area contributed by atoms with E-state index in [1.165, 1.54) is 75.6 Å². The van der Waals surface area contributed by atoms with Crippen molar-refractivity contribution in [3.8, 4) is 22.3 Å². The Morgan fingerprint density at radius 2 is 1.02 bits per heavy atom. The summed E-state index contributed by atoms with van der Waals surface area (Å²) in [5, 5.41) is 4.89. The summed E-state index contributed by atoms with van der Waals surface area (Å²) in [4.78, 5) is 2.43. The van der Waals surface area contributed by atoms with Gasteiger partial charge >= 0.3 is 0 Å². The molecule has 0 saturated carbocycles. The molecule has 0 amide bonds. The maximum atomic E-state index is 7.11. The largest absolute Gasteiger partial charge is 0.454 e. The fraction of sp³-hybridized carbons (Fsp3) is 0.0943. The van der Waals surface area contributed by atoms with Gasteiger partial charge in [0.2, 0.25) is 0 Å². The van der Waals surface area contributed by atoms with Gasteiger partial charge in [-0.1, -0.05) is 141 Å². The van der Waals surface area contributed by atoms with Gasteiger partial charge in [0.1, 0.15) is 5.58 Å². The molecule has 0 unspecified atom stereocenters. The number of thiophene rings is 1. The van der Waals surface area contributed by atoms with Crippen molar-refractivity contribution < 1.29 is 4.42 Å². The Balaban J connectivity index is 1.12. The average molecular weight is 736 g/mol. The molecule has 266 valence electrons. The molecule has 10 aromatic rings. The second-order valence-corrected chi connectivity index (χ2v) is 17.2. The highest BCUT2D eigenvalue weighted by Gasteiger charge is 2.42. The van der Waals surface area contributed by atoms with Crippen LogP contribution in [0.1, 0.15) is 48.6 Å². The minimum Gasteiger partial charge on any atom is -0.454 e. The van der Waals surface area contributed by atoms with Crippen LogP contribution < -0.4 is 4.90 Å². The lowest BCUT2D eigenvalue weighted by Crippen LogP contribution is -2.22. The molecule has 8 aromatic carbocycles. The van der Waals surface area contributed by atoms with E-state index in [1.807, 2.05) is 11.3 Å². The number of hydrogen-bond donors (Lipinski definition) is 0. The molecule has 2 aliphatic carbocycles. The number of fused-ring (bicyclic) bond motifs is 12. The predicted molar refractivity (Wildman–Crippen MR) is 236 cm³/mol. The Morgan fingerprint density at radius 3 is 1.80 bits per heavy atom. The van der Waals surface area contributed by atoms with E-state index in [-0.39, 0.29) is 10.8 Å². The molecule has 2 nitrogen and oxygen atoms in total. The molecule has 2 aliphatic rings. The van der Waals surface area contributed by atoms with Gasteiger partial charge in [0.25, 0.3) is 0 Å². The van der Waals surface area contributed by atoms with Gasteiger partial charge in [-0.15, -0.1) is 11.3 Å². The van der Waals surface area contributed by atoms with Crippen molar-refractivity contribution in [2.75, 3.05) is 4.90 Å². The van der Waals surface area contributed by atoms with Crippen molar-refractivity contribution in [3.05, 3.63) is 198 Å². The number of nitrogens with zero attached hydrogens (tertiary/aromatic N) is 1. The number of para-hydroxylation sites is 1. The van der Waals surface area contributed by atoms with E-state index in [2.05, 4.69) is 196 Å². The van der Waals surface area contributed by atoms with Gasteiger partial charge in [0.15, 0.2) is 5.58 Å². The lowest BCUT2D eigenvalue weighted by molar-refractivity contribution is 0.660. The van der Waals surface area contributed by atoms with Crippen LogP contribution in [-0.4, -0.2) is 0 Å². The Morgan fingerprint density at radius 1 is 0.446 bits per heavy atom. The van der Waals surface area contributed by atoms with Gasteiger partial charge in [-0.2, -0.15) is 0 Å². The third kappa shape index (κ3) is 4.16. The average Bonchev–Trinajstić information content (AvgIpc) is 3.95. The summed E-state index contributed by atoms with van der Waals surface area (Å²) in [6.07, 6.45) is 0. The van der Waals surface area contributed by atoms with Crippen molar-refractivity contribution in [1.29, 1.82) is 0 Å². The lowest BCUT2D eigenvalue weighted by Gasteiger charge is -2.29. The zero-order valence-corrected chi connectivity index (χ0v) is 32.2. The highest BCUT2D eigenvalue weighted by atomic mass is 32.1. The van der Waals surface area contributed by atoms with Crippen LogP contribution in [0.4, 0.5) is 17.1 Å². The lowest BCUT2D eigenvalue weighted by atomic mass is 9.73. The Labute approximate surface area is 329 Å². The highest BCUT2D eigenvalue weighted by Crippen LogP contribution is 2.56. The number of rotatable bonds is 4. The summed E-state index contributed by atoms with van der Waals surface area (Å²) in [7, 11) is 0. The van der Waals surface area contributed by atoms with Gasteiger partial charge in [0.05, 0.1) is 5.69 Å². The quantitative estimate of drug-likeness (QED) is 0.179. The highest BCUT2D eigenvalue weighted by molar-refractivity contribution is 7.25. The summed E-state index contributed by atoms with van der Waals surface area (Å²) in [6, 6.07) is 62.8. The number of benzene rings is 8. The first kappa shape index (κ1) is 31.9. The summed E-state index contributed by atoms with van der Waals surface area (Å²) in [6.45, 7) is 7.11. The minimum absolute atomic E-state index is 0.132. The van der Waals surface area contributed by atoms with Gasteiger partial charge in [-0.25, -0.2) is 0 Å². The first-order valence-electron chi connectivity index (χ1n) is 19.5. The molecule has 0 bridgehead atoms. The van der Waals surface area contributed by atoms with Crippen LogP contribution in [0.5, 0.6) is 0 Å². The van der Waals surface area contributed by atoms with Crippen LogP contribution >= 0.6 is 11.3 Å². The second-order valence-electron chi connectivity index (χ2n) is 16.2. The number of furan rings is 1. The molecule has 0 spiro atoms. The normalized spacial score (nSPS) is 14.6. The van der Waals surface area contributed by atoms with Crippen molar-refractivity contribution in [3.63, 3.8) is 0 Å². The van der Waals surface area contributed by atoms with E-state index in [4.69, 9.17) is 4.42 Å². The molecule has 3 heteroatoms. The first-order valence-corrected chi connectivity index (χ1v) is 20.3. The van der Waals surface area contributed by atoms with Crippen LogP contribution in [0.15, 0.2) is 174 Å². The van der Waals surface area contributed by atoms with Crippen molar-refractivity contribution in [2.45, 2.75) is 31.6 Å². The molecule has 0 aliphatic heterocycles. The summed E-state index contributed by atoms with van der Waals surface area (Å²) >= 11 is 1.86. The molecular weight excluding hydrogens is 699 g/mol. The Bertz CT molecular complexity index is 3220. The van der Waals surface area contributed by atoms with E-state index in [1.54, 1.807) is 0 Å². The van der Waals surface area contributed by atoms with Crippen LogP contribution in [0.25, 0.3) is 64.4 Å². The SMILES string of the molecule is CC1(C)c2ccccc2-c2ccc(N(c3ccc4c(c3)sc3ccccc34)c3cccc4c3oc3cccc(C5(C)c6ccccc6-c6ccccc65)c34)cc21. The smallest absolute Gasteiger partial charge is 0.159 e. The summed E-state index contributed by atoms with van der Waals surface area (Å²) < 4.78 is 9.69. The molecule has 0 saturated heterocycles. The Kier molecular flexibility index (Phi) is 6.44. The predicted octanol–water partition coefficient (Wildman–Crippen LogP) is 15.1. The number of hydrogen-bond acceptors (Lipinski definition) is 3. The van der Waals surface area contributed by atoms with Gasteiger partial charge in [-0.05, 0) is 99.5 Å². The maximum absolute atomic E-state index is 7.11. The zero-order chi connectivity index (χ0) is 37.3. The topological polar surface area (TPSA) is 16.4 Å². The first-order chi connectivity index (χ1) is 27.4. The van der Waals surface area contributed by atoms with Crippen molar-refractivity contribution in [2.24, 2.45) is 0 Å². The molecule has 0 fully saturated rings. The molecular formula is C53H37NOS. The van der Waals surface area contributed by atoms with E-state index in [9.17, 15) is 0 Å². The third-order valence-corrected chi connectivity index (χ3v) is 14.1. The maximum Gasteiger partial charge on any atom is 0.159 e. The fourth-order valence-electron chi connectivity index (χ4n) is 10.3. The fourth-order valence-corrected chi connectivity index (χ4v) is 11.4. The molecule has 2 aromatic heterocycles.